The number of hydrogen-bond donors (Lipinski definition) is 1. The van der Waals surface area contributed by atoms with Crippen LogP contribution in [0.3, 0.4) is 0 Å². The highest BCUT2D eigenvalue weighted by molar-refractivity contribution is 5.30. The fourth-order valence-electron chi connectivity index (χ4n) is 3.15. The van der Waals surface area contributed by atoms with E-state index < -0.39 is 0 Å². The van der Waals surface area contributed by atoms with Crippen LogP contribution in [0.25, 0.3) is 0 Å². The van der Waals surface area contributed by atoms with Crippen LogP contribution in [-0.2, 0) is 6.42 Å². The highest BCUT2D eigenvalue weighted by Gasteiger charge is 2.18. The first-order valence-electron chi connectivity index (χ1n) is 9.07. The van der Waals surface area contributed by atoms with Crippen molar-refractivity contribution in [2.24, 2.45) is 5.92 Å². The Labute approximate surface area is 132 Å². The van der Waals surface area contributed by atoms with Gasteiger partial charge in [-0.1, -0.05) is 77.6 Å². The van der Waals surface area contributed by atoms with E-state index in [9.17, 15) is 0 Å². The summed E-state index contributed by atoms with van der Waals surface area (Å²) in [5.74, 6) is 0.851. The average Bonchev–Trinajstić information content (AvgIpc) is 2.54. The van der Waals surface area contributed by atoms with E-state index in [0.717, 1.165) is 18.9 Å². The lowest BCUT2D eigenvalue weighted by Gasteiger charge is -2.26. The predicted molar refractivity (Wildman–Crippen MR) is 94.8 cm³/mol. The molecule has 0 aliphatic rings. The Morgan fingerprint density at radius 1 is 1.00 bits per heavy atom. The molecule has 0 spiro atoms. The molecule has 0 saturated carbocycles. The summed E-state index contributed by atoms with van der Waals surface area (Å²) in [5, 5.41) is 3.80. The van der Waals surface area contributed by atoms with Crippen LogP contribution >= 0.6 is 0 Å². The molecule has 1 N–H and O–H groups in total. The minimum Gasteiger partial charge on any atom is -0.310 e. The molecule has 0 saturated heterocycles. The molecule has 2 atom stereocenters. The van der Waals surface area contributed by atoms with E-state index in [1.54, 1.807) is 0 Å². The molecule has 1 aromatic rings. The second-order valence-corrected chi connectivity index (χ2v) is 6.21. The van der Waals surface area contributed by atoms with Crippen LogP contribution in [0.1, 0.15) is 83.4 Å². The van der Waals surface area contributed by atoms with Gasteiger partial charge in [-0.25, -0.2) is 0 Å². The summed E-state index contributed by atoms with van der Waals surface area (Å²) in [6, 6.07) is 9.53. The van der Waals surface area contributed by atoms with Gasteiger partial charge in [-0.05, 0) is 42.9 Å². The topological polar surface area (TPSA) is 12.0 Å². The van der Waals surface area contributed by atoms with Crippen molar-refractivity contribution in [1.29, 1.82) is 0 Å². The van der Waals surface area contributed by atoms with Gasteiger partial charge in [0.2, 0.25) is 0 Å². The molecule has 21 heavy (non-hydrogen) atoms. The molecule has 0 radical (unpaired) electrons. The second kappa shape index (κ2) is 10.8. The second-order valence-electron chi connectivity index (χ2n) is 6.21. The van der Waals surface area contributed by atoms with Gasteiger partial charge in [0.25, 0.3) is 0 Å². The summed E-state index contributed by atoms with van der Waals surface area (Å²) < 4.78 is 0. The van der Waals surface area contributed by atoms with Crippen molar-refractivity contribution in [3.8, 4) is 0 Å². The molecular formula is C20H35N. The first-order chi connectivity index (χ1) is 10.3. The molecule has 1 heteroatoms. The molecule has 0 fully saturated rings. The SMILES string of the molecule is CCCCC(CC)CC(NCCC)c1ccccc1CC. The summed E-state index contributed by atoms with van der Waals surface area (Å²) in [6.45, 7) is 10.3. The maximum absolute atomic E-state index is 3.80. The first kappa shape index (κ1) is 18.2. The van der Waals surface area contributed by atoms with Crippen molar-refractivity contribution in [3.05, 3.63) is 35.4 Å². The Balaban J connectivity index is 2.83. The highest BCUT2D eigenvalue weighted by atomic mass is 14.9. The minimum atomic E-state index is 0.530. The molecule has 0 heterocycles. The standard InChI is InChI=1S/C20H35N/c1-5-9-12-17(7-3)16-20(21-15-6-2)19-14-11-10-13-18(19)8-4/h10-11,13-14,17,20-21H,5-9,12,15-16H2,1-4H3. The van der Waals surface area contributed by atoms with Crippen LogP contribution in [0.4, 0.5) is 0 Å². The zero-order valence-corrected chi connectivity index (χ0v) is 14.6. The van der Waals surface area contributed by atoms with Crippen molar-refractivity contribution < 1.29 is 0 Å². The van der Waals surface area contributed by atoms with Crippen molar-refractivity contribution >= 4 is 0 Å². The summed E-state index contributed by atoms with van der Waals surface area (Å²) in [4.78, 5) is 0. The van der Waals surface area contributed by atoms with Crippen molar-refractivity contribution in [2.45, 2.75) is 78.7 Å². The Hall–Kier alpha value is -0.820. The first-order valence-corrected chi connectivity index (χ1v) is 9.07. The van der Waals surface area contributed by atoms with Crippen LogP contribution in [0, 0.1) is 5.92 Å². The fourth-order valence-corrected chi connectivity index (χ4v) is 3.15. The summed E-state index contributed by atoms with van der Waals surface area (Å²) >= 11 is 0. The average molecular weight is 290 g/mol. The van der Waals surface area contributed by atoms with E-state index in [4.69, 9.17) is 0 Å². The van der Waals surface area contributed by atoms with Gasteiger partial charge in [0.05, 0.1) is 0 Å². The minimum absolute atomic E-state index is 0.530. The maximum atomic E-state index is 3.80. The lowest BCUT2D eigenvalue weighted by atomic mass is 9.87. The summed E-state index contributed by atoms with van der Waals surface area (Å²) in [7, 11) is 0. The van der Waals surface area contributed by atoms with E-state index >= 15 is 0 Å². The lowest BCUT2D eigenvalue weighted by molar-refractivity contribution is 0.352. The predicted octanol–water partition coefficient (Wildman–Crippen LogP) is 5.90. The molecule has 1 nitrogen and oxygen atoms in total. The monoisotopic (exact) mass is 289 g/mol. The number of unbranched alkanes of at least 4 members (excludes halogenated alkanes) is 1. The number of rotatable bonds is 11. The van der Waals surface area contributed by atoms with Gasteiger partial charge >= 0.3 is 0 Å². The maximum Gasteiger partial charge on any atom is 0.0325 e. The van der Waals surface area contributed by atoms with Crippen LogP contribution in [0.15, 0.2) is 24.3 Å². The number of hydrogen-bond acceptors (Lipinski definition) is 1. The van der Waals surface area contributed by atoms with Gasteiger partial charge in [0.1, 0.15) is 0 Å². The number of nitrogens with one attached hydrogen (secondary N) is 1. The van der Waals surface area contributed by atoms with E-state index in [1.165, 1.54) is 49.7 Å². The third-order valence-corrected chi connectivity index (χ3v) is 4.56. The van der Waals surface area contributed by atoms with Crippen molar-refractivity contribution in [2.75, 3.05) is 6.54 Å². The Kier molecular flexibility index (Phi) is 9.41. The molecule has 0 bridgehead atoms. The quantitative estimate of drug-likeness (QED) is 0.535. The van der Waals surface area contributed by atoms with Gasteiger partial charge in [-0.2, -0.15) is 0 Å². The molecule has 0 aliphatic carbocycles. The third-order valence-electron chi connectivity index (χ3n) is 4.56. The Bertz CT molecular complexity index is 372. The summed E-state index contributed by atoms with van der Waals surface area (Å²) in [6.07, 6.45) is 8.99. The normalized spacial score (nSPS) is 14.1. The fraction of sp³-hybridized carbons (Fsp3) is 0.700. The van der Waals surface area contributed by atoms with E-state index in [0.29, 0.717) is 6.04 Å². The summed E-state index contributed by atoms with van der Waals surface area (Å²) in [5.41, 5.74) is 3.04. The van der Waals surface area contributed by atoms with E-state index in [-0.39, 0.29) is 0 Å². The third kappa shape index (κ3) is 6.22. The largest absolute Gasteiger partial charge is 0.310 e. The van der Waals surface area contributed by atoms with Crippen LogP contribution in [-0.4, -0.2) is 6.54 Å². The molecule has 1 aromatic carbocycles. The van der Waals surface area contributed by atoms with Crippen LogP contribution in [0.2, 0.25) is 0 Å². The molecule has 0 amide bonds. The zero-order chi connectivity index (χ0) is 15.5. The van der Waals surface area contributed by atoms with Crippen molar-refractivity contribution in [3.63, 3.8) is 0 Å². The molecular weight excluding hydrogens is 254 g/mol. The molecule has 2 unspecified atom stereocenters. The molecule has 1 rings (SSSR count). The molecule has 0 aromatic heterocycles. The zero-order valence-electron chi connectivity index (χ0n) is 14.6. The van der Waals surface area contributed by atoms with Gasteiger partial charge < -0.3 is 5.32 Å². The number of aryl methyl sites for hydroxylation is 1. The number of benzene rings is 1. The Morgan fingerprint density at radius 2 is 1.76 bits per heavy atom. The Morgan fingerprint density at radius 3 is 2.38 bits per heavy atom. The van der Waals surface area contributed by atoms with Gasteiger partial charge in [0.15, 0.2) is 0 Å². The van der Waals surface area contributed by atoms with Crippen LogP contribution < -0.4 is 5.32 Å². The highest BCUT2D eigenvalue weighted by Crippen LogP contribution is 2.29. The van der Waals surface area contributed by atoms with Gasteiger partial charge in [0, 0.05) is 6.04 Å². The van der Waals surface area contributed by atoms with Gasteiger partial charge in [-0.3, -0.25) is 0 Å². The molecule has 120 valence electrons. The van der Waals surface area contributed by atoms with Crippen LogP contribution in [0.5, 0.6) is 0 Å². The van der Waals surface area contributed by atoms with E-state index in [1.807, 2.05) is 0 Å². The van der Waals surface area contributed by atoms with Crippen molar-refractivity contribution in [1.82, 2.24) is 5.32 Å². The van der Waals surface area contributed by atoms with E-state index in [2.05, 4.69) is 57.3 Å². The smallest absolute Gasteiger partial charge is 0.0325 e. The van der Waals surface area contributed by atoms with Gasteiger partial charge in [-0.15, -0.1) is 0 Å². The lowest BCUT2D eigenvalue weighted by Crippen LogP contribution is -2.25. The molecule has 0 aliphatic heterocycles.